The summed E-state index contributed by atoms with van der Waals surface area (Å²) in [6.45, 7) is 0. The van der Waals surface area contributed by atoms with Crippen molar-refractivity contribution in [3.63, 3.8) is 0 Å². The van der Waals surface area contributed by atoms with Gasteiger partial charge >= 0.3 is 0 Å². The van der Waals surface area contributed by atoms with E-state index in [1.807, 2.05) is 66.7 Å². The highest BCUT2D eigenvalue weighted by atomic mass is 16.4. The summed E-state index contributed by atoms with van der Waals surface area (Å²) in [5.74, 6) is 1.18. The van der Waals surface area contributed by atoms with E-state index in [0.29, 0.717) is 17.4 Å². The topological polar surface area (TPSA) is 64.7 Å². The lowest BCUT2D eigenvalue weighted by molar-refractivity contribution is 0.608. The normalized spacial score (nSPS) is 11.4. The van der Waals surface area contributed by atoms with Gasteiger partial charge in [0, 0.05) is 33.7 Å². The molecule has 35 heavy (non-hydrogen) atoms. The monoisotopic (exact) mass is 450 g/mol. The van der Waals surface area contributed by atoms with Gasteiger partial charge in [0.15, 0.2) is 5.82 Å². The van der Waals surface area contributed by atoms with Crippen molar-refractivity contribution in [2.75, 3.05) is 0 Å². The van der Waals surface area contributed by atoms with Gasteiger partial charge in [-0.05, 0) is 35.7 Å². The van der Waals surface area contributed by atoms with E-state index in [1.165, 1.54) is 0 Å². The molecule has 0 fully saturated rings. The van der Waals surface area contributed by atoms with Crippen molar-refractivity contribution in [1.82, 2.24) is 19.9 Å². The molecule has 3 heterocycles. The number of rotatable bonds is 3. The zero-order valence-electron chi connectivity index (χ0n) is 18.6. The third-order valence-electron chi connectivity index (χ3n) is 6.17. The van der Waals surface area contributed by atoms with Crippen LogP contribution in [-0.2, 0) is 0 Å². The van der Waals surface area contributed by atoms with Gasteiger partial charge in [0.2, 0.25) is 11.6 Å². The Bertz CT molecular complexity index is 1820. The zero-order chi connectivity index (χ0) is 23.2. The summed E-state index contributed by atoms with van der Waals surface area (Å²) in [5.41, 5.74) is 5.89. The van der Waals surface area contributed by atoms with Gasteiger partial charge in [0.25, 0.3) is 0 Å². The molecule has 0 aliphatic heterocycles. The van der Waals surface area contributed by atoms with E-state index in [9.17, 15) is 0 Å². The molecule has 0 atom stereocenters. The SMILES string of the molecule is c1ccc(-c2nc(-c3cccc(-c4nc5cccnc5o4)c3)nc3c2ccc2ccccc23)cc1. The molecule has 4 aromatic carbocycles. The molecule has 0 saturated carbocycles. The van der Waals surface area contributed by atoms with Crippen molar-refractivity contribution < 1.29 is 4.42 Å². The van der Waals surface area contributed by atoms with E-state index in [4.69, 9.17) is 14.4 Å². The van der Waals surface area contributed by atoms with Crippen LogP contribution in [0.25, 0.3) is 67.0 Å². The van der Waals surface area contributed by atoms with E-state index in [0.717, 1.165) is 49.6 Å². The van der Waals surface area contributed by atoms with Crippen molar-refractivity contribution in [3.8, 4) is 34.1 Å². The summed E-state index contributed by atoms with van der Waals surface area (Å²) >= 11 is 0. The van der Waals surface area contributed by atoms with Crippen LogP contribution < -0.4 is 0 Å². The fourth-order valence-electron chi connectivity index (χ4n) is 4.49. The standard InChI is InChI=1S/C30H18N4O/c1-2-9-20(10-3-1)26-24-16-15-19-8-4-5-13-23(19)27(24)34-28(33-26)21-11-6-12-22(18-21)29-32-25-14-7-17-31-30(25)35-29/h1-18H. The second-order valence-corrected chi connectivity index (χ2v) is 8.37. The zero-order valence-corrected chi connectivity index (χ0v) is 18.6. The first-order chi connectivity index (χ1) is 17.3. The molecule has 7 aromatic rings. The van der Waals surface area contributed by atoms with Gasteiger partial charge in [-0.1, -0.05) is 72.8 Å². The summed E-state index contributed by atoms with van der Waals surface area (Å²) in [6.07, 6.45) is 1.70. The smallest absolute Gasteiger partial charge is 0.247 e. The number of benzene rings is 4. The maximum atomic E-state index is 5.90. The molecule has 0 aliphatic rings. The Hall–Kier alpha value is -4.90. The van der Waals surface area contributed by atoms with Gasteiger partial charge in [0.1, 0.15) is 5.52 Å². The van der Waals surface area contributed by atoms with E-state index in [1.54, 1.807) is 6.20 Å². The number of nitrogens with zero attached hydrogens (tertiary/aromatic N) is 4. The molecular formula is C30H18N4O. The Morgan fingerprint density at radius 1 is 0.571 bits per heavy atom. The van der Waals surface area contributed by atoms with Gasteiger partial charge in [-0.3, -0.25) is 0 Å². The highest BCUT2D eigenvalue weighted by molar-refractivity contribution is 6.09. The van der Waals surface area contributed by atoms with Crippen LogP contribution in [0.1, 0.15) is 0 Å². The van der Waals surface area contributed by atoms with Crippen LogP contribution in [0.5, 0.6) is 0 Å². The summed E-state index contributed by atoms with van der Waals surface area (Å²) in [7, 11) is 0. The van der Waals surface area contributed by atoms with Gasteiger partial charge in [-0.25, -0.2) is 19.9 Å². The lowest BCUT2D eigenvalue weighted by Gasteiger charge is -2.12. The van der Waals surface area contributed by atoms with E-state index in [-0.39, 0.29) is 0 Å². The number of fused-ring (bicyclic) bond motifs is 4. The summed E-state index contributed by atoms with van der Waals surface area (Å²) in [5, 5.41) is 3.28. The Balaban J connectivity index is 1.47. The first kappa shape index (κ1) is 19.6. The minimum Gasteiger partial charge on any atom is -0.418 e. The van der Waals surface area contributed by atoms with Crippen molar-refractivity contribution in [3.05, 3.63) is 109 Å². The maximum absolute atomic E-state index is 5.90. The third-order valence-corrected chi connectivity index (χ3v) is 6.17. The highest BCUT2D eigenvalue weighted by Crippen LogP contribution is 2.34. The largest absolute Gasteiger partial charge is 0.418 e. The molecular weight excluding hydrogens is 432 g/mol. The molecule has 0 spiro atoms. The molecule has 5 nitrogen and oxygen atoms in total. The summed E-state index contributed by atoms with van der Waals surface area (Å²) < 4.78 is 5.90. The van der Waals surface area contributed by atoms with Crippen LogP contribution in [0, 0.1) is 0 Å². The molecule has 0 unspecified atom stereocenters. The molecule has 7 rings (SSSR count). The third kappa shape index (κ3) is 3.33. The van der Waals surface area contributed by atoms with E-state index >= 15 is 0 Å². The van der Waals surface area contributed by atoms with Crippen LogP contribution >= 0.6 is 0 Å². The Morgan fingerprint density at radius 2 is 1.40 bits per heavy atom. The summed E-state index contributed by atoms with van der Waals surface area (Å²) in [6, 6.07) is 34.6. The quantitative estimate of drug-likeness (QED) is 0.264. The van der Waals surface area contributed by atoms with Gasteiger partial charge in [0.05, 0.1) is 11.2 Å². The maximum Gasteiger partial charge on any atom is 0.247 e. The van der Waals surface area contributed by atoms with Gasteiger partial charge in [-0.2, -0.15) is 0 Å². The predicted octanol–water partition coefficient (Wildman–Crippen LogP) is 7.32. The highest BCUT2D eigenvalue weighted by Gasteiger charge is 2.15. The molecule has 3 aromatic heterocycles. The fraction of sp³-hybridized carbons (Fsp3) is 0. The molecule has 0 amide bonds. The molecule has 164 valence electrons. The molecule has 0 radical (unpaired) electrons. The number of aromatic nitrogens is 4. The number of hydrogen-bond donors (Lipinski definition) is 0. The Labute approximate surface area is 200 Å². The predicted molar refractivity (Wildman–Crippen MR) is 139 cm³/mol. The lowest BCUT2D eigenvalue weighted by Crippen LogP contribution is -1.96. The minimum atomic E-state index is 0.521. The first-order valence-electron chi connectivity index (χ1n) is 11.4. The average molecular weight is 451 g/mol. The van der Waals surface area contributed by atoms with Crippen molar-refractivity contribution >= 4 is 32.9 Å². The Morgan fingerprint density at radius 3 is 2.31 bits per heavy atom. The second-order valence-electron chi connectivity index (χ2n) is 8.37. The second kappa shape index (κ2) is 7.85. The first-order valence-corrected chi connectivity index (χ1v) is 11.4. The van der Waals surface area contributed by atoms with Crippen LogP contribution in [0.4, 0.5) is 0 Å². The number of pyridine rings is 1. The van der Waals surface area contributed by atoms with Crippen LogP contribution in [-0.4, -0.2) is 19.9 Å². The fourth-order valence-corrected chi connectivity index (χ4v) is 4.49. The van der Waals surface area contributed by atoms with E-state index < -0.39 is 0 Å². The average Bonchev–Trinajstić information content (AvgIpc) is 3.37. The Kier molecular flexibility index (Phi) is 4.39. The van der Waals surface area contributed by atoms with Crippen LogP contribution in [0.15, 0.2) is 114 Å². The number of hydrogen-bond acceptors (Lipinski definition) is 5. The van der Waals surface area contributed by atoms with Crippen molar-refractivity contribution in [1.29, 1.82) is 0 Å². The molecule has 0 saturated heterocycles. The molecule has 0 bridgehead atoms. The number of oxazole rings is 1. The minimum absolute atomic E-state index is 0.521. The van der Waals surface area contributed by atoms with Crippen molar-refractivity contribution in [2.24, 2.45) is 0 Å². The van der Waals surface area contributed by atoms with Gasteiger partial charge in [-0.15, -0.1) is 0 Å². The lowest BCUT2D eigenvalue weighted by atomic mass is 10.0. The van der Waals surface area contributed by atoms with Crippen molar-refractivity contribution in [2.45, 2.75) is 0 Å². The molecule has 0 N–H and O–H groups in total. The molecule has 0 aliphatic carbocycles. The van der Waals surface area contributed by atoms with Crippen LogP contribution in [0.3, 0.4) is 0 Å². The van der Waals surface area contributed by atoms with Crippen LogP contribution in [0.2, 0.25) is 0 Å². The van der Waals surface area contributed by atoms with Gasteiger partial charge < -0.3 is 4.42 Å². The molecule has 5 heteroatoms. The van der Waals surface area contributed by atoms with E-state index in [2.05, 4.69) is 46.4 Å². The summed E-state index contributed by atoms with van der Waals surface area (Å²) in [4.78, 5) is 19.0.